The summed E-state index contributed by atoms with van der Waals surface area (Å²) in [5.41, 5.74) is 0.458. The average Bonchev–Trinajstić information content (AvgIpc) is 1.97. The fraction of sp³-hybridized carbons (Fsp3) is 0.667. The molecule has 0 aliphatic carbocycles. The molecule has 0 aliphatic rings. The monoisotopic (exact) mass is 191 g/mol. The molecule has 0 aliphatic heterocycles. The van der Waals surface area contributed by atoms with Crippen molar-refractivity contribution in [1.29, 1.82) is 0 Å². The minimum atomic E-state index is -0.297. The van der Waals surface area contributed by atoms with Crippen molar-refractivity contribution in [3.05, 3.63) is 12.2 Å². The normalized spacial score (nSPS) is 9.23. The number of hydrogen-bond donors (Lipinski definition) is 0. The average molecular weight is 191 g/mol. The molecule has 0 aromatic heterocycles. The number of ether oxygens (including phenoxy) is 1. The Morgan fingerprint density at radius 3 is 2.38 bits per heavy atom. The first-order chi connectivity index (χ1) is 5.54. The van der Waals surface area contributed by atoms with Crippen LogP contribution in [0.25, 0.3) is 0 Å². The second-order valence-electron chi connectivity index (χ2n) is 3.07. The van der Waals surface area contributed by atoms with Crippen LogP contribution in [-0.2, 0) is 9.53 Å². The lowest BCUT2D eigenvalue weighted by Crippen LogP contribution is -2.16. The van der Waals surface area contributed by atoms with Crippen LogP contribution in [-0.4, -0.2) is 38.1 Å². The van der Waals surface area contributed by atoms with Crippen molar-refractivity contribution in [1.82, 2.24) is 4.90 Å². The lowest BCUT2D eigenvalue weighted by molar-refractivity contribution is -0.139. The van der Waals surface area contributed by atoms with E-state index >= 15 is 0 Å². The van der Waals surface area contributed by atoms with Gasteiger partial charge in [0.25, 0.3) is 0 Å². The van der Waals surface area contributed by atoms with E-state index in [2.05, 4.69) is 11.5 Å². The zero-order chi connectivity index (χ0) is 9.56. The van der Waals surface area contributed by atoms with Gasteiger partial charge in [0.05, 0.1) is 6.61 Å². The molecular weight excluding hydrogens is 173 g/mol. The van der Waals surface area contributed by atoms with E-state index in [4.69, 9.17) is 4.74 Å². The van der Waals surface area contributed by atoms with Gasteiger partial charge in [0.15, 0.2) is 0 Å². The SMILES string of the molecule is C=C(C)C(=O)OCCCN(C)C.F. The lowest BCUT2D eigenvalue weighted by Gasteiger charge is -2.09. The molecular formula is C9H18FNO2. The summed E-state index contributed by atoms with van der Waals surface area (Å²) in [5, 5.41) is 0. The van der Waals surface area contributed by atoms with Gasteiger partial charge in [-0.05, 0) is 27.4 Å². The minimum Gasteiger partial charge on any atom is -0.462 e. The zero-order valence-corrected chi connectivity index (χ0v) is 8.50. The number of carbonyl (C=O) groups excluding carboxylic acids is 1. The van der Waals surface area contributed by atoms with Crippen molar-refractivity contribution < 1.29 is 14.2 Å². The molecule has 78 valence electrons. The highest BCUT2D eigenvalue weighted by atomic mass is 19.0. The first-order valence-corrected chi connectivity index (χ1v) is 4.01. The van der Waals surface area contributed by atoms with Crippen LogP contribution in [0.5, 0.6) is 0 Å². The summed E-state index contributed by atoms with van der Waals surface area (Å²) < 4.78 is 4.89. The summed E-state index contributed by atoms with van der Waals surface area (Å²) in [5.74, 6) is -0.297. The third kappa shape index (κ3) is 9.01. The highest BCUT2D eigenvalue weighted by molar-refractivity contribution is 5.86. The Morgan fingerprint density at radius 1 is 1.46 bits per heavy atom. The molecule has 0 aromatic rings. The van der Waals surface area contributed by atoms with Gasteiger partial charge in [-0.2, -0.15) is 0 Å². The molecule has 0 unspecified atom stereocenters. The number of rotatable bonds is 5. The third-order valence-corrected chi connectivity index (χ3v) is 1.33. The van der Waals surface area contributed by atoms with Gasteiger partial charge in [0.2, 0.25) is 0 Å². The van der Waals surface area contributed by atoms with E-state index in [0.29, 0.717) is 12.2 Å². The van der Waals surface area contributed by atoms with E-state index < -0.39 is 0 Å². The molecule has 0 heterocycles. The Labute approximate surface area is 78.7 Å². The molecule has 0 aromatic carbocycles. The van der Waals surface area contributed by atoms with Crippen LogP contribution >= 0.6 is 0 Å². The van der Waals surface area contributed by atoms with Gasteiger partial charge < -0.3 is 9.64 Å². The predicted octanol–water partition coefficient (Wildman–Crippen LogP) is 1.21. The van der Waals surface area contributed by atoms with E-state index in [9.17, 15) is 4.79 Å². The molecule has 0 atom stereocenters. The van der Waals surface area contributed by atoms with Gasteiger partial charge in [-0.1, -0.05) is 6.58 Å². The number of nitrogens with zero attached hydrogens (tertiary/aromatic N) is 1. The van der Waals surface area contributed by atoms with Gasteiger partial charge >= 0.3 is 5.97 Å². The van der Waals surface area contributed by atoms with Gasteiger partial charge in [-0.3, -0.25) is 4.70 Å². The quantitative estimate of drug-likeness (QED) is 0.371. The summed E-state index contributed by atoms with van der Waals surface area (Å²) in [7, 11) is 3.97. The van der Waals surface area contributed by atoms with Crippen molar-refractivity contribution in [2.24, 2.45) is 0 Å². The van der Waals surface area contributed by atoms with Crippen LogP contribution in [0, 0.1) is 0 Å². The van der Waals surface area contributed by atoms with Gasteiger partial charge in [-0.25, -0.2) is 4.79 Å². The first-order valence-electron chi connectivity index (χ1n) is 4.01. The van der Waals surface area contributed by atoms with Gasteiger partial charge in [0, 0.05) is 12.1 Å². The minimum absolute atomic E-state index is 0. The summed E-state index contributed by atoms with van der Waals surface area (Å²) in [4.78, 5) is 12.9. The molecule has 0 bridgehead atoms. The summed E-state index contributed by atoms with van der Waals surface area (Å²) >= 11 is 0. The van der Waals surface area contributed by atoms with Crippen molar-refractivity contribution in [2.45, 2.75) is 13.3 Å². The number of carbonyl (C=O) groups is 1. The molecule has 0 fully saturated rings. The molecule has 0 radical (unpaired) electrons. The topological polar surface area (TPSA) is 29.5 Å². The highest BCUT2D eigenvalue weighted by Crippen LogP contribution is 1.93. The molecule has 0 amide bonds. The summed E-state index contributed by atoms with van der Waals surface area (Å²) in [6, 6.07) is 0. The highest BCUT2D eigenvalue weighted by Gasteiger charge is 2.01. The van der Waals surface area contributed by atoms with Crippen molar-refractivity contribution in [2.75, 3.05) is 27.2 Å². The predicted molar refractivity (Wildman–Crippen MR) is 51.4 cm³/mol. The molecule has 0 saturated carbocycles. The van der Waals surface area contributed by atoms with Crippen LogP contribution in [0.1, 0.15) is 13.3 Å². The fourth-order valence-corrected chi connectivity index (χ4v) is 0.669. The van der Waals surface area contributed by atoms with Crippen LogP contribution in [0.4, 0.5) is 4.70 Å². The number of esters is 1. The Morgan fingerprint density at radius 2 is 2.00 bits per heavy atom. The van der Waals surface area contributed by atoms with Gasteiger partial charge in [0.1, 0.15) is 0 Å². The largest absolute Gasteiger partial charge is 0.462 e. The number of halogens is 1. The van der Waals surface area contributed by atoms with E-state index in [-0.39, 0.29) is 10.7 Å². The standard InChI is InChI=1S/C9H17NO2.FH/c1-8(2)9(11)12-7-5-6-10(3)4;/h1,5-7H2,2-4H3;1H. The Hall–Kier alpha value is -0.900. The molecule has 3 nitrogen and oxygen atoms in total. The first kappa shape index (κ1) is 14.6. The van der Waals surface area contributed by atoms with E-state index in [1.807, 2.05) is 14.1 Å². The molecule has 4 heteroatoms. The fourth-order valence-electron chi connectivity index (χ4n) is 0.669. The molecule has 0 spiro atoms. The zero-order valence-electron chi connectivity index (χ0n) is 8.50. The van der Waals surface area contributed by atoms with E-state index in [0.717, 1.165) is 13.0 Å². The van der Waals surface area contributed by atoms with Crippen molar-refractivity contribution >= 4 is 5.97 Å². The Balaban J connectivity index is 0. The molecule has 13 heavy (non-hydrogen) atoms. The van der Waals surface area contributed by atoms with E-state index in [1.54, 1.807) is 6.92 Å². The summed E-state index contributed by atoms with van der Waals surface area (Å²) in [6.07, 6.45) is 0.867. The number of hydrogen-bond acceptors (Lipinski definition) is 3. The lowest BCUT2D eigenvalue weighted by atomic mass is 10.3. The summed E-state index contributed by atoms with van der Waals surface area (Å²) in [6.45, 7) is 6.54. The molecule has 0 saturated heterocycles. The molecule has 0 N–H and O–H groups in total. The van der Waals surface area contributed by atoms with Crippen LogP contribution < -0.4 is 0 Å². The molecule has 0 rings (SSSR count). The van der Waals surface area contributed by atoms with E-state index in [1.165, 1.54) is 0 Å². The van der Waals surface area contributed by atoms with Crippen molar-refractivity contribution in [3.8, 4) is 0 Å². The van der Waals surface area contributed by atoms with Crippen molar-refractivity contribution in [3.63, 3.8) is 0 Å². The maximum Gasteiger partial charge on any atom is 0.333 e. The van der Waals surface area contributed by atoms with Crippen LogP contribution in [0.15, 0.2) is 12.2 Å². The second kappa shape index (κ2) is 7.73. The van der Waals surface area contributed by atoms with Crippen LogP contribution in [0.3, 0.4) is 0 Å². The maximum atomic E-state index is 10.9. The third-order valence-electron chi connectivity index (χ3n) is 1.33. The second-order valence-corrected chi connectivity index (χ2v) is 3.07. The van der Waals surface area contributed by atoms with Gasteiger partial charge in [-0.15, -0.1) is 0 Å². The Bertz CT molecular complexity index is 169. The Kier molecular flexibility index (Phi) is 8.69. The smallest absolute Gasteiger partial charge is 0.333 e. The maximum absolute atomic E-state index is 10.9. The van der Waals surface area contributed by atoms with Crippen LogP contribution in [0.2, 0.25) is 0 Å².